The number of alkyl halides is 2. The summed E-state index contributed by atoms with van der Waals surface area (Å²) in [5.41, 5.74) is 0. The molecular formula is C33H34IOP2+. The fourth-order valence-corrected chi connectivity index (χ4v) is 60.3. The van der Waals surface area contributed by atoms with E-state index in [1.165, 1.54) is 26.5 Å². The molecule has 5 rings (SSSR count). The van der Waals surface area contributed by atoms with Crippen molar-refractivity contribution in [3.8, 4) is 0 Å². The van der Waals surface area contributed by atoms with Crippen molar-refractivity contribution in [2.45, 2.75) is 0 Å². The van der Waals surface area contributed by atoms with E-state index in [9.17, 15) is 0 Å². The Balaban J connectivity index is 2.13. The van der Waals surface area contributed by atoms with Crippen LogP contribution >= 0.6 is 26.4 Å². The topological polar surface area (TPSA) is 9.23 Å². The summed E-state index contributed by atoms with van der Waals surface area (Å²) in [7, 11) is 1.97. The molecule has 5 aromatic carbocycles. The van der Waals surface area contributed by atoms with Gasteiger partial charge in [-0.15, -0.1) is 0 Å². The molecule has 5 aromatic rings. The zero-order valence-corrected chi connectivity index (χ0v) is 25.6. The Morgan fingerprint density at radius 1 is 0.459 bits per heavy atom. The van der Waals surface area contributed by atoms with Crippen molar-refractivity contribution < 1.29 is 4.52 Å². The van der Waals surface area contributed by atoms with E-state index in [0.717, 1.165) is 0 Å². The first kappa shape index (κ1) is 26.3. The van der Waals surface area contributed by atoms with Gasteiger partial charge in [-0.3, -0.25) is 0 Å². The molecule has 0 unspecified atom stereocenters. The fourth-order valence-electron chi connectivity index (χ4n) is 5.47. The van der Waals surface area contributed by atoms with Crippen molar-refractivity contribution in [1.29, 1.82) is 0 Å². The third-order valence-corrected chi connectivity index (χ3v) is 53.8. The zero-order chi connectivity index (χ0) is 25.8. The van der Waals surface area contributed by atoms with Gasteiger partial charge in [0.1, 0.15) is 0 Å². The number of benzene rings is 5. The Morgan fingerprint density at radius 3 is 1.00 bits per heavy atom. The Morgan fingerprint density at radius 2 is 0.730 bits per heavy atom. The first-order valence-corrected chi connectivity index (χ1v) is 25.7. The van der Waals surface area contributed by atoms with Crippen LogP contribution in [-0.4, -0.2) is 17.0 Å². The average Bonchev–Trinajstić information content (AvgIpc) is 2.97. The molecule has 0 aliphatic carbocycles. The van der Waals surface area contributed by atoms with Crippen LogP contribution in [0.15, 0.2) is 152 Å². The van der Waals surface area contributed by atoms with Gasteiger partial charge in [0.2, 0.25) is 0 Å². The van der Waals surface area contributed by atoms with Gasteiger partial charge in [-0.2, -0.15) is 0 Å². The Bertz CT molecular complexity index is 1370. The van der Waals surface area contributed by atoms with Crippen LogP contribution in [0.3, 0.4) is 0 Å². The van der Waals surface area contributed by atoms with Crippen LogP contribution in [0.1, 0.15) is 0 Å². The molecule has 0 aromatic heterocycles. The van der Waals surface area contributed by atoms with Crippen molar-refractivity contribution in [1.82, 2.24) is 0 Å². The van der Waals surface area contributed by atoms with Gasteiger partial charge in [0.15, 0.2) is 0 Å². The zero-order valence-electron chi connectivity index (χ0n) is 21.6. The normalized spacial score (nSPS) is 12.7. The molecule has 0 spiro atoms. The van der Waals surface area contributed by atoms with Crippen LogP contribution in [0.4, 0.5) is 0 Å². The monoisotopic (exact) mass is 635 g/mol. The maximum absolute atomic E-state index is 7.06. The van der Waals surface area contributed by atoms with Crippen LogP contribution in [0, 0.1) is 0 Å². The predicted molar refractivity (Wildman–Crippen MR) is 177 cm³/mol. The number of hydrogen-bond donors (Lipinski definition) is 0. The van der Waals surface area contributed by atoms with E-state index in [4.69, 9.17) is 4.52 Å². The van der Waals surface area contributed by atoms with E-state index in [0.29, 0.717) is 0 Å². The van der Waals surface area contributed by atoms with Gasteiger partial charge in [0, 0.05) is 0 Å². The van der Waals surface area contributed by atoms with E-state index < -0.39 is 26.4 Å². The van der Waals surface area contributed by atoms with Crippen molar-refractivity contribution in [3.63, 3.8) is 0 Å². The molecule has 4 heteroatoms. The standard InChI is InChI=1S/C33H34IOP2/c1-34(2,37(35-3,32-25-15-7-16-26-32)33-27-17-8-18-28-33)36(29-19-9-4-10-20-29,30-21-11-5-12-22-30)31-23-13-6-14-24-31/h4-28H,1-3H3/q+1. The first-order chi connectivity index (χ1) is 18.1. The van der Waals surface area contributed by atoms with Crippen molar-refractivity contribution >= 4 is 52.9 Å². The quantitative estimate of drug-likeness (QED) is 0.103. The molecule has 0 amide bonds. The van der Waals surface area contributed by atoms with Gasteiger partial charge < -0.3 is 0 Å². The molecule has 0 fully saturated rings. The minimum absolute atomic E-state index is 1.34. The fraction of sp³-hybridized carbons (Fsp3) is 0.0909. The summed E-state index contributed by atoms with van der Waals surface area (Å²) in [6, 6.07) is 56.1. The van der Waals surface area contributed by atoms with Crippen LogP contribution < -0.4 is 26.5 Å². The number of halogens is 1. The average molecular weight is 635 g/mol. The van der Waals surface area contributed by atoms with Crippen molar-refractivity contribution in [2.75, 3.05) is 17.0 Å². The predicted octanol–water partition coefficient (Wildman–Crippen LogP) is 7.34. The van der Waals surface area contributed by atoms with E-state index >= 15 is 0 Å². The van der Waals surface area contributed by atoms with Gasteiger partial charge >= 0.3 is 226 Å². The molecule has 0 aliphatic rings. The SMILES string of the molecule is CO[P+](c1ccccc1)(c1ccccc1)I(C)(C)=P(c1ccccc1)(c1ccccc1)c1ccccc1. The second kappa shape index (κ2) is 11.2. The molecule has 0 bridgehead atoms. The molecule has 0 N–H and O–H groups in total. The van der Waals surface area contributed by atoms with Crippen LogP contribution in [0.5, 0.6) is 0 Å². The maximum atomic E-state index is 7.06. The molecule has 188 valence electrons. The van der Waals surface area contributed by atoms with Gasteiger partial charge in [-0.05, 0) is 0 Å². The molecule has 0 heterocycles. The third-order valence-electron chi connectivity index (χ3n) is 6.97. The number of rotatable bonds is 7. The molecule has 0 aliphatic heterocycles. The minimum atomic E-state index is -3.11. The van der Waals surface area contributed by atoms with Gasteiger partial charge in [0.05, 0.1) is 0 Å². The van der Waals surface area contributed by atoms with Gasteiger partial charge in [-0.25, -0.2) is 0 Å². The van der Waals surface area contributed by atoms with E-state index in [-0.39, 0.29) is 0 Å². The van der Waals surface area contributed by atoms with Crippen LogP contribution in [0.25, 0.3) is 0 Å². The summed E-state index contributed by atoms with van der Waals surface area (Å²) < 4.78 is 4.94. The molecular weight excluding hydrogens is 601 g/mol. The van der Waals surface area contributed by atoms with Crippen molar-refractivity contribution in [2.24, 2.45) is 0 Å². The first-order valence-electron chi connectivity index (χ1n) is 12.4. The second-order valence-electron chi connectivity index (χ2n) is 9.11. The van der Waals surface area contributed by atoms with Crippen LogP contribution in [0.2, 0.25) is 0 Å². The summed E-state index contributed by atoms with van der Waals surface area (Å²) in [6.45, 7) is 0. The van der Waals surface area contributed by atoms with E-state index in [1.807, 2.05) is 7.11 Å². The van der Waals surface area contributed by atoms with Gasteiger partial charge in [0.25, 0.3) is 0 Å². The summed E-state index contributed by atoms with van der Waals surface area (Å²) in [5, 5.41) is 4.76. The van der Waals surface area contributed by atoms with Crippen LogP contribution in [-0.2, 0) is 4.52 Å². The Labute approximate surface area is 224 Å². The summed E-state index contributed by atoms with van der Waals surface area (Å²) in [6.07, 6.45) is 0. The molecule has 0 radical (unpaired) electrons. The Hall–Kier alpha value is -2.35. The van der Waals surface area contributed by atoms with Crippen molar-refractivity contribution in [3.05, 3.63) is 152 Å². The van der Waals surface area contributed by atoms with E-state index in [1.54, 1.807) is 0 Å². The Kier molecular flexibility index (Phi) is 7.93. The molecule has 0 saturated carbocycles. The molecule has 0 atom stereocenters. The summed E-state index contributed by atoms with van der Waals surface area (Å²) in [4.78, 5) is 5.29. The number of hydrogen-bond acceptors (Lipinski definition) is 1. The molecule has 0 saturated heterocycles. The second-order valence-corrected chi connectivity index (χ2v) is 42.3. The molecule has 1 nitrogen and oxygen atoms in total. The molecule has 37 heavy (non-hydrogen) atoms. The van der Waals surface area contributed by atoms with Gasteiger partial charge in [-0.1, -0.05) is 0 Å². The summed E-state index contributed by atoms with van der Waals surface area (Å²) in [5.74, 6) is 0. The summed E-state index contributed by atoms with van der Waals surface area (Å²) >= 11 is -3.11. The third kappa shape index (κ3) is 4.29. The van der Waals surface area contributed by atoms with E-state index in [2.05, 4.69) is 162 Å².